The Morgan fingerprint density at radius 1 is 1.11 bits per heavy atom. The molecule has 0 bridgehead atoms. The molecular formula is C19H25ClN6O. The minimum absolute atomic E-state index is 0.193. The minimum atomic E-state index is -0.193. The van der Waals surface area contributed by atoms with Gasteiger partial charge in [-0.05, 0) is 44.4 Å². The number of piperazine rings is 1. The molecule has 2 aromatic rings. The summed E-state index contributed by atoms with van der Waals surface area (Å²) >= 11 is 6.09. The molecule has 3 rings (SSSR count). The summed E-state index contributed by atoms with van der Waals surface area (Å²) in [6.07, 6.45) is 0. The van der Waals surface area contributed by atoms with Gasteiger partial charge in [-0.1, -0.05) is 17.7 Å². The molecule has 7 nitrogen and oxygen atoms in total. The van der Waals surface area contributed by atoms with Crippen molar-refractivity contribution in [2.75, 3.05) is 63.2 Å². The van der Waals surface area contributed by atoms with E-state index in [4.69, 9.17) is 11.6 Å². The Kier molecular flexibility index (Phi) is 6.47. The number of nitrogens with one attached hydrogen (secondary N) is 1. The van der Waals surface area contributed by atoms with Crippen LogP contribution >= 0.6 is 11.6 Å². The zero-order valence-electron chi connectivity index (χ0n) is 15.7. The maximum absolute atomic E-state index is 12.1. The molecule has 2 heterocycles. The van der Waals surface area contributed by atoms with Gasteiger partial charge in [-0.25, -0.2) is 0 Å². The summed E-state index contributed by atoms with van der Waals surface area (Å²) in [5.41, 5.74) is 1.48. The fraction of sp³-hybridized carbons (Fsp3) is 0.421. The Bertz CT molecular complexity index is 759. The van der Waals surface area contributed by atoms with Crippen LogP contribution in [0, 0.1) is 0 Å². The molecule has 0 saturated carbocycles. The first kappa shape index (κ1) is 19.4. The lowest BCUT2D eigenvalue weighted by Crippen LogP contribution is -2.47. The second kappa shape index (κ2) is 9.01. The number of hydrogen-bond acceptors (Lipinski definition) is 6. The van der Waals surface area contributed by atoms with Crippen molar-refractivity contribution in [3.63, 3.8) is 0 Å². The molecule has 8 heteroatoms. The van der Waals surface area contributed by atoms with Crippen molar-refractivity contribution in [1.29, 1.82) is 0 Å². The highest BCUT2D eigenvalue weighted by molar-refractivity contribution is 6.30. The van der Waals surface area contributed by atoms with Crippen LogP contribution in [-0.4, -0.2) is 74.4 Å². The molecular weight excluding hydrogens is 364 g/mol. The van der Waals surface area contributed by atoms with Gasteiger partial charge >= 0.3 is 0 Å². The summed E-state index contributed by atoms with van der Waals surface area (Å²) in [5, 5.41) is 11.9. The summed E-state index contributed by atoms with van der Waals surface area (Å²) in [5.74, 6) is 0.604. The van der Waals surface area contributed by atoms with E-state index in [1.807, 2.05) is 43.3 Å². The van der Waals surface area contributed by atoms with Gasteiger partial charge in [0.1, 0.15) is 0 Å². The number of carbonyl (C=O) groups excluding carboxylic acids is 1. The molecule has 0 spiro atoms. The van der Waals surface area contributed by atoms with Crippen LogP contribution in [0.3, 0.4) is 0 Å². The molecule has 1 aromatic heterocycles. The summed E-state index contributed by atoms with van der Waals surface area (Å²) in [4.78, 5) is 18.6. The molecule has 0 unspecified atom stereocenters. The van der Waals surface area contributed by atoms with E-state index in [9.17, 15) is 4.79 Å². The Morgan fingerprint density at radius 2 is 1.85 bits per heavy atom. The van der Waals surface area contributed by atoms with Crippen LogP contribution in [-0.2, 0) is 0 Å². The third-order valence-electron chi connectivity index (χ3n) is 4.50. The number of likely N-dealkylation sites (N-methyl/N-ethyl adjacent to an activating group) is 1. The summed E-state index contributed by atoms with van der Waals surface area (Å²) < 4.78 is 0. The molecule has 0 aliphatic carbocycles. The Balaban J connectivity index is 1.53. The number of nitrogens with zero attached hydrogens (tertiary/aromatic N) is 5. The van der Waals surface area contributed by atoms with Gasteiger partial charge in [-0.2, -0.15) is 0 Å². The topological polar surface area (TPSA) is 64.6 Å². The highest BCUT2D eigenvalue weighted by Crippen LogP contribution is 2.22. The van der Waals surface area contributed by atoms with Crippen LogP contribution in [0.15, 0.2) is 36.4 Å². The number of rotatable bonds is 6. The van der Waals surface area contributed by atoms with Gasteiger partial charge in [-0.15, -0.1) is 10.2 Å². The van der Waals surface area contributed by atoms with Gasteiger partial charge < -0.3 is 20.0 Å². The second-order valence-corrected chi connectivity index (χ2v) is 7.23. The van der Waals surface area contributed by atoms with Crippen LogP contribution in [0.4, 0.5) is 11.5 Å². The molecule has 1 saturated heterocycles. The Hall–Kier alpha value is -2.38. The number of carbonyl (C=O) groups is 1. The zero-order valence-corrected chi connectivity index (χ0v) is 16.5. The SMILES string of the molecule is CN(C)CCNC(=O)c1ccc(N2CCN(c3cccc(Cl)c3)CC2)nn1. The van der Waals surface area contributed by atoms with Crippen molar-refractivity contribution in [2.24, 2.45) is 0 Å². The fourth-order valence-electron chi connectivity index (χ4n) is 2.97. The van der Waals surface area contributed by atoms with Gasteiger partial charge in [0.2, 0.25) is 0 Å². The van der Waals surface area contributed by atoms with Crippen molar-refractivity contribution >= 4 is 29.0 Å². The number of anilines is 2. The van der Waals surface area contributed by atoms with Crippen molar-refractivity contribution < 1.29 is 4.79 Å². The smallest absolute Gasteiger partial charge is 0.271 e. The Morgan fingerprint density at radius 3 is 2.48 bits per heavy atom. The number of halogens is 1. The van der Waals surface area contributed by atoms with E-state index in [-0.39, 0.29) is 5.91 Å². The highest BCUT2D eigenvalue weighted by Gasteiger charge is 2.19. The van der Waals surface area contributed by atoms with E-state index < -0.39 is 0 Å². The summed E-state index contributed by atoms with van der Waals surface area (Å²) in [6, 6.07) is 11.5. The lowest BCUT2D eigenvalue weighted by molar-refractivity contribution is 0.0945. The first-order valence-electron chi connectivity index (χ1n) is 9.05. The van der Waals surface area contributed by atoms with Crippen molar-refractivity contribution in [2.45, 2.75) is 0 Å². The maximum Gasteiger partial charge on any atom is 0.271 e. The van der Waals surface area contributed by atoms with Gasteiger partial charge in [0.15, 0.2) is 11.5 Å². The molecule has 1 aliphatic rings. The Labute approximate surface area is 164 Å². The van der Waals surface area contributed by atoms with Gasteiger partial charge in [0.25, 0.3) is 5.91 Å². The van der Waals surface area contributed by atoms with E-state index in [1.54, 1.807) is 6.07 Å². The predicted molar refractivity (Wildman–Crippen MR) is 109 cm³/mol. The van der Waals surface area contributed by atoms with Gasteiger partial charge in [0, 0.05) is 50.0 Å². The number of hydrogen-bond donors (Lipinski definition) is 1. The normalized spacial score (nSPS) is 14.5. The van der Waals surface area contributed by atoms with Crippen LogP contribution in [0.5, 0.6) is 0 Å². The predicted octanol–water partition coefficient (Wildman–Crippen LogP) is 1.75. The van der Waals surface area contributed by atoms with Crippen molar-refractivity contribution in [1.82, 2.24) is 20.4 Å². The molecule has 1 amide bonds. The lowest BCUT2D eigenvalue weighted by Gasteiger charge is -2.36. The number of benzene rings is 1. The highest BCUT2D eigenvalue weighted by atomic mass is 35.5. The fourth-order valence-corrected chi connectivity index (χ4v) is 3.15. The van der Waals surface area contributed by atoms with Crippen molar-refractivity contribution in [3.8, 4) is 0 Å². The molecule has 0 radical (unpaired) electrons. The molecule has 0 atom stereocenters. The quantitative estimate of drug-likeness (QED) is 0.813. The monoisotopic (exact) mass is 388 g/mol. The average molecular weight is 389 g/mol. The van der Waals surface area contributed by atoms with E-state index in [1.165, 1.54) is 0 Å². The minimum Gasteiger partial charge on any atom is -0.368 e. The molecule has 1 N–H and O–H groups in total. The number of aromatic nitrogens is 2. The first-order valence-corrected chi connectivity index (χ1v) is 9.43. The van der Waals surface area contributed by atoms with Crippen LogP contribution in [0.25, 0.3) is 0 Å². The largest absolute Gasteiger partial charge is 0.368 e. The average Bonchev–Trinajstić information content (AvgIpc) is 2.68. The third kappa shape index (κ3) is 5.30. The van der Waals surface area contributed by atoms with Crippen LogP contribution in [0.2, 0.25) is 5.02 Å². The van der Waals surface area contributed by atoms with Gasteiger partial charge in [-0.3, -0.25) is 4.79 Å². The number of amides is 1. The second-order valence-electron chi connectivity index (χ2n) is 6.79. The first-order chi connectivity index (χ1) is 13.0. The van der Waals surface area contributed by atoms with Crippen LogP contribution in [0.1, 0.15) is 10.5 Å². The third-order valence-corrected chi connectivity index (χ3v) is 4.74. The zero-order chi connectivity index (χ0) is 19.2. The molecule has 27 heavy (non-hydrogen) atoms. The van der Waals surface area contributed by atoms with Crippen molar-refractivity contribution in [3.05, 3.63) is 47.1 Å². The molecule has 144 valence electrons. The summed E-state index contributed by atoms with van der Waals surface area (Å²) in [6.45, 7) is 4.82. The summed E-state index contributed by atoms with van der Waals surface area (Å²) in [7, 11) is 3.93. The van der Waals surface area contributed by atoms with E-state index in [2.05, 4.69) is 31.4 Å². The van der Waals surface area contributed by atoms with E-state index in [0.29, 0.717) is 12.2 Å². The van der Waals surface area contributed by atoms with E-state index in [0.717, 1.165) is 49.3 Å². The van der Waals surface area contributed by atoms with Gasteiger partial charge in [0.05, 0.1) is 0 Å². The lowest BCUT2D eigenvalue weighted by atomic mass is 10.2. The van der Waals surface area contributed by atoms with Crippen LogP contribution < -0.4 is 15.1 Å². The molecule has 1 fully saturated rings. The maximum atomic E-state index is 12.1. The molecule has 1 aliphatic heterocycles. The van der Waals surface area contributed by atoms with E-state index >= 15 is 0 Å². The molecule has 1 aromatic carbocycles. The standard InChI is InChI=1S/C19H25ClN6O/c1-24(2)9-8-21-19(27)17-6-7-18(23-22-17)26-12-10-25(11-13-26)16-5-3-4-15(20)14-16/h3-7,14H,8-13H2,1-2H3,(H,21,27).